The second-order valence-electron chi connectivity index (χ2n) is 5.16. The number of benzene rings is 2. The van der Waals surface area contributed by atoms with Gasteiger partial charge in [-0.1, -0.05) is 18.2 Å². The molecule has 0 unspecified atom stereocenters. The lowest BCUT2D eigenvalue weighted by Gasteiger charge is -2.20. The molecule has 0 fully saturated rings. The van der Waals surface area contributed by atoms with Crippen LogP contribution in [0.4, 0.5) is 5.69 Å². The highest BCUT2D eigenvalue weighted by Crippen LogP contribution is 2.16. The highest BCUT2D eigenvalue weighted by atomic mass is 16.5. The molecule has 0 spiro atoms. The lowest BCUT2D eigenvalue weighted by Crippen LogP contribution is -2.44. The maximum Gasteiger partial charge on any atom is 0.316 e. The topological polar surface area (TPSA) is 67.9 Å². The number of para-hydroxylation sites is 1. The Balaban J connectivity index is 1.79. The summed E-state index contributed by atoms with van der Waals surface area (Å²) < 4.78 is 10.6. The number of amides is 2. The molecule has 132 valence electrons. The van der Waals surface area contributed by atoms with Crippen molar-refractivity contribution in [2.24, 2.45) is 0 Å². The minimum absolute atomic E-state index is 0.239. The van der Waals surface area contributed by atoms with Gasteiger partial charge in [-0.05, 0) is 43.3 Å². The van der Waals surface area contributed by atoms with Gasteiger partial charge in [0.25, 0.3) is 0 Å². The van der Waals surface area contributed by atoms with E-state index in [2.05, 4.69) is 5.32 Å². The van der Waals surface area contributed by atoms with Gasteiger partial charge in [0.05, 0.1) is 13.7 Å². The third-order valence-electron chi connectivity index (χ3n) is 3.54. The number of nitrogens with zero attached hydrogens (tertiary/aromatic N) is 1. The fourth-order valence-electron chi connectivity index (χ4n) is 2.25. The van der Waals surface area contributed by atoms with Crippen LogP contribution in [0.25, 0.3) is 0 Å². The van der Waals surface area contributed by atoms with Gasteiger partial charge in [0.1, 0.15) is 18.1 Å². The predicted molar refractivity (Wildman–Crippen MR) is 96.0 cm³/mol. The Labute approximate surface area is 147 Å². The molecular formula is C19H22N2O4. The van der Waals surface area contributed by atoms with Crippen molar-refractivity contribution >= 4 is 17.5 Å². The summed E-state index contributed by atoms with van der Waals surface area (Å²) in [5, 5.41) is 2.58. The third-order valence-corrected chi connectivity index (χ3v) is 3.54. The maximum atomic E-state index is 12.3. The number of ether oxygens (including phenoxy) is 2. The Morgan fingerprint density at radius 3 is 2.24 bits per heavy atom. The van der Waals surface area contributed by atoms with Crippen LogP contribution < -0.4 is 19.7 Å². The molecule has 0 atom stereocenters. The second-order valence-corrected chi connectivity index (χ2v) is 5.16. The Bertz CT molecular complexity index is 686. The van der Waals surface area contributed by atoms with Crippen LogP contribution >= 0.6 is 0 Å². The molecule has 0 bridgehead atoms. The van der Waals surface area contributed by atoms with E-state index < -0.39 is 11.8 Å². The number of anilines is 1. The number of rotatable bonds is 7. The first kappa shape index (κ1) is 18.3. The monoisotopic (exact) mass is 342 g/mol. The Hall–Kier alpha value is -3.02. The van der Waals surface area contributed by atoms with Crippen molar-refractivity contribution in [3.05, 3.63) is 54.6 Å². The minimum atomic E-state index is -0.649. The molecule has 6 heteroatoms. The van der Waals surface area contributed by atoms with E-state index in [4.69, 9.17) is 9.47 Å². The van der Waals surface area contributed by atoms with E-state index in [0.717, 1.165) is 5.75 Å². The molecule has 1 N–H and O–H groups in total. The van der Waals surface area contributed by atoms with E-state index in [-0.39, 0.29) is 13.2 Å². The summed E-state index contributed by atoms with van der Waals surface area (Å²) in [6.07, 6.45) is 0. The van der Waals surface area contributed by atoms with Crippen LogP contribution in [0, 0.1) is 0 Å². The van der Waals surface area contributed by atoms with Gasteiger partial charge in [-0.2, -0.15) is 0 Å². The zero-order valence-corrected chi connectivity index (χ0v) is 14.4. The molecule has 2 rings (SSSR count). The molecule has 0 aliphatic rings. The second kappa shape index (κ2) is 9.32. The minimum Gasteiger partial charge on any atom is -0.497 e. The first-order valence-corrected chi connectivity index (χ1v) is 8.07. The number of hydrogen-bond donors (Lipinski definition) is 1. The van der Waals surface area contributed by atoms with Crippen LogP contribution in [0.5, 0.6) is 11.5 Å². The van der Waals surface area contributed by atoms with Gasteiger partial charge in [-0.15, -0.1) is 0 Å². The quantitative estimate of drug-likeness (QED) is 0.619. The van der Waals surface area contributed by atoms with Gasteiger partial charge < -0.3 is 19.7 Å². The number of likely N-dealkylation sites (N-methyl/N-ethyl adjacent to an activating group) is 1. The van der Waals surface area contributed by atoms with Crippen LogP contribution in [0.1, 0.15) is 6.92 Å². The fraction of sp³-hybridized carbons (Fsp3) is 0.263. The van der Waals surface area contributed by atoms with Crippen molar-refractivity contribution < 1.29 is 19.1 Å². The van der Waals surface area contributed by atoms with Crippen LogP contribution in [0.15, 0.2) is 54.6 Å². The van der Waals surface area contributed by atoms with E-state index in [1.807, 2.05) is 25.1 Å². The molecule has 6 nitrogen and oxygen atoms in total. The molecule has 25 heavy (non-hydrogen) atoms. The number of methoxy groups -OCH3 is 1. The summed E-state index contributed by atoms with van der Waals surface area (Å²) in [4.78, 5) is 25.7. The number of carbonyl (C=O) groups is 2. The van der Waals surface area contributed by atoms with E-state index in [1.54, 1.807) is 43.5 Å². The predicted octanol–water partition coefficient (Wildman–Crippen LogP) is 2.24. The lowest BCUT2D eigenvalue weighted by molar-refractivity contribution is -0.137. The Morgan fingerprint density at radius 1 is 1.00 bits per heavy atom. The van der Waals surface area contributed by atoms with Gasteiger partial charge in [0, 0.05) is 12.2 Å². The number of nitrogens with one attached hydrogen (secondary N) is 1. The van der Waals surface area contributed by atoms with Gasteiger partial charge in [-0.3, -0.25) is 9.59 Å². The van der Waals surface area contributed by atoms with Crippen LogP contribution in [0.3, 0.4) is 0 Å². The van der Waals surface area contributed by atoms with Crippen LogP contribution in [-0.2, 0) is 9.59 Å². The molecule has 0 aliphatic heterocycles. The third kappa shape index (κ3) is 5.24. The summed E-state index contributed by atoms with van der Waals surface area (Å²) in [6, 6.07) is 16.2. The fourth-order valence-corrected chi connectivity index (χ4v) is 2.25. The van der Waals surface area contributed by atoms with Crippen molar-refractivity contribution in [3.63, 3.8) is 0 Å². The highest BCUT2D eigenvalue weighted by Gasteiger charge is 2.21. The largest absolute Gasteiger partial charge is 0.497 e. The molecule has 0 aliphatic carbocycles. The SMILES string of the molecule is CCN(C(=O)C(=O)NCCOc1ccc(OC)cc1)c1ccccc1. The van der Waals surface area contributed by atoms with E-state index >= 15 is 0 Å². The molecule has 2 amide bonds. The summed E-state index contributed by atoms with van der Waals surface area (Å²) >= 11 is 0. The molecular weight excluding hydrogens is 320 g/mol. The molecule has 0 saturated carbocycles. The highest BCUT2D eigenvalue weighted by molar-refractivity contribution is 6.40. The molecule has 0 heterocycles. The van der Waals surface area contributed by atoms with Gasteiger partial charge in [-0.25, -0.2) is 0 Å². The molecule has 0 radical (unpaired) electrons. The first-order chi connectivity index (χ1) is 12.2. The average molecular weight is 342 g/mol. The van der Waals surface area contributed by atoms with Crippen molar-refractivity contribution in [1.82, 2.24) is 5.32 Å². The Kier molecular flexibility index (Phi) is 6.83. The van der Waals surface area contributed by atoms with Crippen molar-refractivity contribution in [3.8, 4) is 11.5 Å². The zero-order chi connectivity index (χ0) is 18.1. The van der Waals surface area contributed by atoms with Gasteiger partial charge in [0.2, 0.25) is 0 Å². The molecule has 2 aromatic carbocycles. The van der Waals surface area contributed by atoms with Crippen molar-refractivity contribution in [2.75, 3.05) is 31.7 Å². The maximum absolute atomic E-state index is 12.3. The number of carbonyl (C=O) groups excluding carboxylic acids is 2. The van der Waals surface area contributed by atoms with Gasteiger partial charge >= 0.3 is 11.8 Å². The molecule has 2 aromatic rings. The first-order valence-electron chi connectivity index (χ1n) is 8.07. The van der Waals surface area contributed by atoms with Gasteiger partial charge in [0.15, 0.2) is 0 Å². The average Bonchev–Trinajstić information content (AvgIpc) is 2.67. The lowest BCUT2D eigenvalue weighted by atomic mass is 10.3. The standard InChI is InChI=1S/C19H22N2O4/c1-3-21(15-7-5-4-6-8-15)19(23)18(22)20-13-14-25-17-11-9-16(24-2)10-12-17/h4-12H,3,13-14H2,1-2H3,(H,20,22). The van der Waals surface area contributed by atoms with E-state index in [0.29, 0.717) is 18.0 Å². The van der Waals surface area contributed by atoms with E-state index in [9.17, 15) is 9.59 Å². The molecule has 0 saturated heterocycles. The zero-order valence-electron chi connectivity index (χ0n) is 14.4. The number of hydrogen-bond acceptors (Lipinski definition) is 4. The summed E-state index contributed by atoms with van der Waals surface area (Å²) in [5.41, 5.74) is 0.694. The Morgan fingerprint density at radius 2 is 1.64 bits per heavy atom. The van der Waals surface area contributed by atoms with Crippen LogP contribution in [0.2, 0.25) is 0 Å². The smallest absolute Gasteiger partial charge is 0.316 e. The summed E-state index contributed by atoms with van der Waals surface area (Å²) in [7, 11) is 1.59. The molecule has 0 aromatic heterocycles. The van der Waals surface area contributed by atoms with Crippen molar-refractivity contribution in [1.29, 1.82) is 0 Å². The van der Waals surface area contributed by atoms with Crippen molar-refractivity contribution in [2.45, 2.75) is 6.92 Å². The normalized spacial score (nSPS) is 10.0. The summed E-state index contributed by atoms with van der Waals surface area (Å²) in [5.74, 6) is 0.176. The van der Waals surface area contributed by atoms with E-state index in [1.165, 1.54) is 4.90 Å². The van der Waals surface area contributed by atoms with Crippen LogP contribution in [-0.4, -0.2) is 38.6 Å². The summed E-state index contributed by atoms with van der Waals surface area (Å²) in [6.45, 7) is 2.75.